The molecule has 8 heteroatoms. The van der Waals surface area contributed by atoms with Crippen molar-refractivity contribution in [1.82, 2.24) is 0 Å². The fourth-order valence-corrected chi connectivity index (χ4v) is 3.85. The highest BCUT2D eigenvalue weighted by Gasteiger charge is 2.19. The van der Waals surface area contributed by atoms with E-state index in [0.29, 0.717) is 23.1 Å². The molecule has 33 heavy (non-hydrogen) atoms. The smallest absolute Gasteiger partial charge is 0.379 e. The molecule has 2 aromatic carbocycles. The molecule has 2 aromatic heterocycles. The molecule has 0 saturated heterocycles. The van der Waals surface area contributed by atoms with Crippen LogP contribution < -0.4 is 10.4 Å². The molecule has 0 fully saturated rings. The summed E-state index contributed by atoms with van der Waals surface area (Å²) in [6.07, 6.45) is 1.13. The van der Waals surface area contributed by atoms with E-state index in [2.05, 4.69) is 15.9 Å². The Labute approximate surface area is 197 Å². The summed E-state index contributed by atoms with van der Waals surface area (Å²) < 4.78 is 22.6. The van der Waals surface area contributed by atoms with Gasteiger partial charge in [-0.15, -0.1) is 0 Å². The quantitative estimate of drug-likeness (QED) is 0.177. The molecule has 0 saturated carbocycles. The zero-order valence-electron chi connectivity index (χ0n) is 18.1. The number of rotatable bonds is 7. The van der Waals surface area contributed by atoms with Gasteiger partial charge < -0.3 is 18.3 Å². The zero-order valence-corrected chi connectivity index (χ0v) is 19.7. The van der Waals surface area contributed by atoms with Gasteiger partial charge in [0.25, 0.3) is 0 Å². The molecule has 0 bridgehead atoms. The number of hydrogen-bond donors (Lipinski definition) is 0. The Morgan fingerprint density at radius 1 is 1.03 bits per heavy atom. The molecule has 0 aliphatic rings. The van der Waals surface area contributed by atoms with Crippen molar-refractivity contribution in [2.75, 3.05) is 6.61 Å². The van der Waals surface area contributed by atoms with Gasteiger partial charge in [-0.2, -0.15) is 0 Å². The Morgan fingerprint density at radius 2 is 1.85 bits per heavy atom. The lowest BCUT2D eigenvalue weighted by molar-refractivity contribution is -0.143. The van der Waals surface area contributed by atoms with Crippen LogP contribution in [0.5, 0.6) is 5.75 Å². The van der Waals surface area contributed by atoms with Crippen LogP contribution in [0.25, 0.3) is 21.9 Å². The summed E-state index contributed by atoms with van der Waals surface area (Å²) in [5, 5.41) is 1.44. The molecule has 0 aliphatic carbocycles. The first kappa shape index (κ1) is 22.8. The summed E-state index contributed by atoms with van der Waals surface area (Å²) in [4.78, 5) is 36.7. The highest BCUT2D eigenvalue weighted by molar-refractivity contribution is 9.10. The number of furan rings is 1. The van der Waals surface area contributed by atoms with Gasteiger partial charge in [0.15, 0.2) is 0 Å². The second-order valence-corrected chi connectivity index (χ2v) is 8.52. The molecule has 2 heterocycles. The number of aryl methyl sites for hydroxylation is 2. The number of halogens is 1. The molecule has 0 aliphatic heterocycles. The first-order chi connectivity index (χ1) is 15.8. The number of fused-ring (bicyclic) bond motifs is 2. The van der Waals surface area contributed by atoms with Crippen LogP contribution in [0.3, 0.4) is 0 Å². The van der Waals surface area contributed by atoms with Crippen LogP contribution in [-0.4, -0.2) is 18.5 Å². The van der Waals surface area contributed by atoms with E-state index in [4.69, 9.17) is 18.3 Å². The second-order valence-electron chi connectivity index (χ2n) is 7.61. The molecule has 0 radical (unpaired) electrons. The Morgan fingerprint density at radius 3 is 2.64 bits per heavy atom. The standard InChI is InChI=1S/C25H21BrO7/c1-3-8-30-23(27)7-4-15-11-18-14(2)9-24(28)32-21(18)13-20(15)33-25(29)22-12-16-10-17(26)5-6-19(16)31-22/h5-6,9-13H,3-4,7-8H2,1-2H3. The van der Waals surface area contributed by atoms with Crippen molar-refractivity contribution in [3.8, 4) is 5.75 Å². The minimum absolute atomic E-state index is 0.0298. The molecular formula is C25H21BrO7. The van der Waals surface area contributed by atoms with Crippen molar-refractivity contribution in [1.29, 1.82) is 0 Å². The van der Waals surface area contributed by atoms with E-state index >= 15 is 0 Å². The fraction of sp³-hybridized carbons (Fsp3) is 0.240. The Hall–Kier alpha value is -3.39. The fourth-order valence-electron chi connectivity index (χ4n) is 3.47. The van der Waals surface area contributed by atoms with Gasteiger partial charge in [0.2, 0.25) is 5.76 Å². The third-order valence-electron chi connectivity index (χ3n) is 5.08. The first-order valence-electron chi connectivity index (χ1n) is 10.5. The lowest BCUT2D eigenvalue weighted by Crippen LogP contribution is -2.11. The molecule has 0 amide bonds. The molecule has 0 N–H and O–H groups in total. The van der Waals surface area contributed by atoms with E-state index in [-0.39, 0.29) is 35.9 Å². The number of ether oxygens (including phenoxy) is 2. The molecule has 0 unspecified atom stereocenters. The van der Waals surface area contributed by atoms with Crippen LogP contribution in [0.4, 0.5) is 0 Å². The molecule has 4 aromatic rings. The maximum atomic E-state index is 12.9. The van der Waals surface area contributed by atoms with Gasteiger partial charge in [-0.25, -0.2) is 9.59 Å². The van der Waals surface area contributed by atoms with Gasteiger partial charge in [-0.1, -0.05) is 22.9 Å². The maximum Gasteiger partial charge on any atom is 0.379 e. The number of carbonyl (C=O) groups excluding carboxylic acids is 2. The predicted octanol–water partition coefficient (Wildman–Crippen LogP) is 5.72. The van der Waals surface area contributed by atoms with Gasteiger partial charge in [0, 0.05) is 33.8 Å². The van der Waals surface area contributed by atoms with Gasteiger partial charge >= 0.3 is 17.6 Å². The van der Waals surface area contributed by atoms with Crippen LogP contribution >= 0.6 is 15.9 Å². The Kier molecular flexibility index (Phi) is 6.65. The van der Waals surface area contributed by atoms with Crippen LogP contribution in [0, 0.1) is 6.92 Å². The normalized spacial score (nSPS) is 11.1. The van der Waals surface area contributed by atoms with Crippen molar-refractivity contribution < 1.29 is 27.9 Å². The summed E-state index contributed by atoms with van der Waals surface area (Å²) in [5.74, 6) is -0.826. The van der Waals surface area contributed by atoms with E-state index < -0.39 is 11.6 Å². The molecule has 4 rings (SSSR count). The van der Waals surface area contributed by atoms with Gasteiger partial charge in [0.1, 0.15) is 16.9 Å². The van der Waals surface area contributed by atoms with E-state index in [1.54, 1.807) is 25.1 Å². The maximum absolute atomic E-state index is 12.9. The van der Waals surface area contributed by atoms with Crippen molar-refractivity contribution in [3.05, 3.63) is 74.2 Å². The Balaban J connectivity index is 1.67. The lowest BCUT2D eigenvalue weighted by atomic mass is 10.0. The number of hydrogen-bond acceptors (Lipinski definition) is 7. The topological polar surface area (TPSA) is 96.0 Å². The molecule has 170 valence electrons. The first-order valence-corrected chi connectivity index (χ1v) is 11.3. The average molecular weight is 513 g/mol. The van der Waals surface area contributed by atoms with Crippen molar-refractivity contribution in [2.45, 2.75) is 33.1 Å². The van der Waals surface area contributed by atoms with E-state index in [0.717, 1.165) is 21.8 Å². The lowest BCUT2D eigenvalue weighted by Gasteiger charge is -2.12. The van der Waals surface area contributed by atoms with Crippen LogP contribution in [0.1, 0.15) is 41.4 Å². The third kappa shape index (κ3) is 5.17. The van der Waals surface area contributed by atoms with Crippen molar-refractivity contribution in [2.24, 2.45) is 0 Å². The average Bonchev–Trinajstić information content (AvgIpc) is 3.19. The largest absolute Gasteiger partial charge is 0.466 e. The van der Waals surface area contributed by atoms with Gasteiger partial charge in [-0.05, 0) is 61.2 Å². The van der Waals surface area contributed by atoms with Crippen LogP contribution in [0.2, 0.25) is 0 Å². The summed E-state index contributed by atoms with van der Waals surface area (Å²) in [7, 11) is 0. The Bertz CT molecular complexity index is 1410. The minimum atomic E-state index is -0.702. The molecular weight excluding hydrogens is 492 g/mol. The number of benzene rings is 2. The molecule has 0 atom stereocenters. The molecule has 0 spiro atoms. The summed E-state index contributed by atoms with van der Waals surface area (Å²) in [6.45, 7) is 4.06. The van der Waals surface area contributed by atoms with Crippen molar-refractivity contribution >= 4 is 49.8 Å². The van der Waals surface area contributed by atoms with Gasteiger partial charge in [0.05, 0.1) is 6.61 Å². The number of esters is 2. The summed E-state index contributed by atoms with van der Waals surface area (Å²) in [5.41, 5.74) is 1.66. The summed E-state index contributed by atoms with van der Waals surface area (Å²) >= 11 is 3.39. The third-order valence-corrected chi connectivity index (χ3v) is 5.57. The minimum Gasteiger partial charge on any atom is -0.466 e. The van der Waals surface area contributed by atoms with Crippen molar-refractivity contribution in [3.63, 3.8) is 0 Å². The predicted molar refractivity (Wildman–Crippen MR) is 126 cm³/mol. The van der Waals surface area contributed by atoms with Crippen LogP contribution in [0.15, 0.2) is 60.6 Å². The van der Waals surface area contributed by atoms with E-state index in [1.807, 2.05) is 19.1 Å². The second kappa shape index (κ2) is 9.62. The van der Waals surface area contributed by atoms with E-state index in [1.165, 1.54) is 12.1 Å². The van der Waals surface area contributed by atoms with Crippen LogP contribution in [-0.2, 0) is 16.0 Å². The monoisotopic (exact) mass is 512 g/mol. The van der Waals surface area contributed by atoms with Gasteiger partial charge in [-0.3, -0.25) is 4.79 Å². The SMILES string of the molecule is CCCOC(=O)CCc1cc2c(C)cc(=O)oc2cc1OC(=O)c1cc2cc(Br)ccc2o1. The number of carbonyl (C=O) groups is 2. The van der Waals surface area contributed by atoms with E-state index in [9.17, 15) is 14.4 Å². The summed E-state index contributed by atoms with van der Waals surface area (Å²) in [6, 6.07) is 11.6. The highest BCUT2D eigenvalue weighted by atomic mass is 79.9. The molecule has 7 nitrogen and oxygen atoms in total. The zero-order chi connectivity index (χ0) is 23.5. The highest BCUT2D eigenvalue weighted by Crippen LogP contribution is 2.30.